The quantitative estimate of drug-likeness (QED) is 0.787. The van der Waals surface area contributed by atoms with Crippen molar-refractivity contribution in [2.75, 3.05) is 25.2 Å². The Labute approximate surface area is 114 Å². The number of methoxy groups -OCH3 is 1. The van der Waals surface area contributed by atoms with Gasteiger partial charge in [0.1, 0.15) is 11.6 Å². The maximum absolute atomic E-state index is 13.3. The molecular weight excluding hydrogens is 245 g/mol. The van der Waals surface area contributed by atoms with Gasteiger partial charge in [0.25, 0.3) is 0 Å². The first-order chi connectivity index (χ1) is 9.17. The van der Waals surface area contributed by atoms with Gasteiger partial charge in [-0.25, -0.2) is 9.37 Å². The molecule has 0 amide bonds. The van der Waals surface area contributed by atoms with Crippen molar-refractivity contribution in [2.45, 2.75) is 39.3 Å². The summed E-state index contributed by atoms with van der Waals surface area (Å²) in [6, 6.07) is 1.82. The molecule has 5 heteroatoms. The van der Waals surface area contributed by atoms with Gasteiger partial charge in [0.2, 0.25) is 0 Å². The number of nitrogens with two attached hydrogens (primary N) is 1. The van der Waals surface area contributed by atoms with Crippen LogP contribution in [0.25, 0.3) is 0 Å². The van der Waals surface area contributed by atoms with Crippen LogP contribution in [0.15, 0.2) is 12.3 Å². The van der Waals surface area contributed by atoms with Gasteiger partial charge in [-0.2, -0.15) is 0 Å². The Kier molecular flexibility index (Phi) is 6.73. The van der Waals surface area contributed by atoms with Gasteiger partial charge in [0.05, 0.1) is 12.8 Å². The molecule has 0 unspecified atom stereocenters. The standard InChI is InChI=1S/C14H24FN3O/c1-4-13(5-2)18(6-7-19-3)14-11(9-16)8-12(15)10-17-14/h8,10,13H,4-7,9,16H2,1-3H3. The summed E-state index contributed by atoms with van der Waals surface area (Å²) in [6.45, 7) is 5.90. The van der Waals surface area contributed by atoms with Crippen molar-refractivity contribution in [3.8, 4) is 0 Å². The topological polar surface area (TPSA) is 51.4 Å². The molecule has 1 aromatic rings. The van der Waals surface area contributed by atoms with E-state index in [1.165, 1.54) is 12.3 Å². The molecule has 0 aliphatic carbocycles. The molecule has 0 fully saturated rings. The van der Waals surface area contributed by atoms with Crippen LogP contribution in [0.4, 0.5) is 10.2 Å². The van der Waals surface area contributed by atoms with Crippen molar-refractivity contribution in [3.05, 3.63) is 23.6 Å². The summed E-state index contributed by atoms with van der Waals surface area (Å²) in [6.07, 6.45) is 3.25. The fraction of sp³-hybridized carbons (Fsp3) is 0.643. The van der Waals surface area contributed by atoms with Gasteiger partial charge >= 0.3 is 0 Å². The third kappa shape index (κ3) is 4.14. The molecule has 1 rings (SSSR count). The molecule has 19 heavy (non-hydrogen) atoms. The van der Waals surface area contributed by atoms with Gasteiger partial charge in [-0.05, 0) is 18.9 Å². The van der Waals surface area contributed by atoms with Crippen molar-refractivity contribution < 1.29 is 9.13 Å². The Hall–Kier alpha value is -1.20. The molecule has 0 bridgehead atoms. The summed E-state index contributed by atoms with van der Waals surface area (Å²) < 4.78 is 18.4. The van der Waals surface area contributed by atoms with Crippen molar-refractivity contribution in [1.82, 2.24) is 4.98 Å². The fourth-order valence-corrected chi connectivity index (χ4v) is 2.26. The van der Waals surface area contributed by atoms with Crippen LogP contribution in [0, 0.1) is 5.82 Å². The van der Waals surface area contributed by atoms with E-state index in [9.17, 15) is 4.39 Å². The number of hydrogen-bond acceptors (Lipinski definition) is 4. The first kappa shape index (κ1) is 15.9. The minimum Gasteiger partial charge on any atom is -0.383 e. The van der Waals surface area contributed by atoms with Crippen molar-refractivity contribution in [2.24, 2.45) is 5.73 Å². The van der Waals surface area contributed by atoms with E-state index in [4.69, 9.17) is 10.5 Å². The summed E-state index contributed by atoms with van der Waals surface area (Å²) in [5.41, 5.74) is 6.44. The minimum atomic E-state index is -0.347. The van der Waals surface area contributed by atoms with Gasteiger partial charge in [-0.15, -0.1) is 0 Å². The monoisotopic (exact) mass is 269 g/mol. The van der Waals surface area contributed by atoms with Gasteiger partial charge in [-0.3, -0.25) is 0 Å². The lowest BCUT2D eigenvalue weighted by Gasteiger charge is -2.32. The first-order valence-electron chi connectivity index (χ1n) is 6.77. The van der Waals surface area contributed by atoms with Crippen LogP contribution in [-0.4, -0.2) is 31.3 Å². The highest BCUT2D eigenvalue weighted by Crippen LogP contribution is 2.22. The largest absolute Gasteiger partial charge is 0.383 e. The second kappa shape index (κ2) is 8.07. The summed E-state index contributed by atoms with van der Waals surface area (Å²) in [4.78, 5) is 6.41. The molecule has 0 saturated carbocycles. The third-order valence-electron chi connectivity index (χ3n) is 3.32. The van der Waals surface area contributed by atoms with Gasteiger partial charge in [0, 0.05) is 31.8 Å². The molecular formula is C14H24FN3O. The van der Waals surface area contributed by atoms with Crippen LogP contribution in [0.1, 0.15) is 32.3 Å². The zero-order valence-electron chi connectivity index (χ0n) is 12.0. The Morgan fingerprint density at radius 3 is 2.63 bits per heavy atom. The lowest BCUT2D eigenvalue weighted by Crippen LogP contribution is -2.38. The Bertz CT molecular complexity index is 383. The van der Waals surface area contributed by atoms with E-state index in [0.29, 0.717) is 12.6 Å². The highest BCUT2D eigenvalue weighted by Gasteiger charge is 2.19. The second-order valence-electron chi connectivity index (χ2n) is 4.50. The summed E-state index contributed by atoms with van der Waals surface area (Å²) >= 11 is 0. The predicted octanol–water partition coefficient (Wildman–Crippen LogP) is 2.32. The molecule has 0 atom stereocenters. The SMILES string of the molecule is CCC(CC)N(CCOC)c1ncc(F)cc1CN. The Morgan fingerprint density at radius 2 is 2.11 bits per heavy atom. The molecule has 108 valence electrons. The van der Waals surface area contributed by atoms with Gasteiger partial charge in [-0.1, -0.05) is 13.8 Å². The second-order valence-corrected chi connectivity index (χ2v) is 4.50. The fourth-order valence-electron chi connectivity index (χ4n) is 2.26. The minimum absolute atomic E-state index is 0.281. The molecule has 0 aliphatic rings. The van der Waals surface area contributed by atoms with Crippen LogP contribution in [-0.2, 0) is 11.3 Å². The number of rotatable bonds is 8. The molecule has 1 aromatic heterocycles. The van der Waals surface area contributed by atoms with E-state index in [1.54, 1.807) is 7.11 Å². The molecule has 4 nitrogen and oxygen atoms in total. The van der Waals surface area contributed by atoms with E-state index in [-0.39, 0.29) is 12.4 Å². The number of ether oxygens (including phenoxy) is 1. The summed E-state index contributed by atoms with van der Waals surface area (Å²) in [7, 11) is 1.67. The van der Waals surface area contributed by atoms with Crippen molar-refractivity contribution in [1.29, 1.82) is 0 Å². The normalized spacial score (nSPS) is 11.1. The van der Waals surface area contributed by atoms with E-state index < -0.39 is 0 Å². The third-order valence-corrected chi connectivity index (χ3v) is 3.32. The van der Waals surface area contributed by atoms with Crippen LogP contribution in [0.2, 0.25) is 0 Å². The summed E-state index contributed by atoms with van der Waals surface area (Å²) in [5, 5.41) is 0. The lowest BCUT2D eigenvalue weighted by molar-refractivity contribution is 0.202. The zero-order valence-corrected chi connectivity index (χ0v) is 12.0. The van der Waals surface area contributed by atoms with E-state index >= 15 is 0 Å². The predicted molar refractivity (Wildman–Crippen MR) is 75.7 cm³/mol. The van der Waals surface area contributed by atoms with Crippen LogP contribution >= 0.6 is 0 Å². The van der Waals surface area contributed by atoms with Crippen LogP contribution in [0.5, 0.6) is 0 Å². The average Bonchev–Trinajstić information content (AvgIpc) is 2.43. The number of hydrogen-bond donors (Lipinski definition) is 1. The van der Waals surface area contributed by atoms with E-state index in [0.717, 1.165) is 30.8 Å². The molecule has 0 spiro atoms. The van der Waals surface area contributed by atoms with Crippen LogP contribution < -0.4 is 10.6 Å². The molecule has 0 radical (unpaired) electrons. The molecule has 0 aliphatic heterocycles. The smallest absolute Gasteiger partial charge is 0.141 e. The Morgan fingerprint density at radius 1 is 1.42 bits per heavy atom. The number of nitrogens with zero attached hydrogens (tertiary/aromatic N) is 2. The molecule has 0 aromatic carbocycles. The molecule has 2 N–H and O–H groups in total. The zero-order chi connectivity index (χ0) is 14.3. The maximum atomic E-state index is 13.3. The first-order valence-corrected chi connectivity index (χ1v) is 6.77. The van der Waals surface area contributed by atoms with E-state index in [1.807, 2.05) is 0 Å². The average molecular weight is 269 g/mol. The number of anilines is 1. The number of pyridine rings is 1. The highest BCUT2D eigenvalue weighted by atomic mass is 19.1. The van der Waals surface area contributed by atoms with Crippen molar-refractivity contribution >= 4 is 5.82 Å². The van der Waals surface area contributed by atoms with Gasteiger partial charge < -0.3 is 15.4 Å². The summed E-state index contributed by atoms with van der Waals surface area (Å²) in [5.74, 6) is 0.426. The number of aromatic nitrogens is 1. The molecule has 1 heterocycles. The number of halogens is 1. The molecule has 0 saturated heterocycles. The van der Waals surface area contributed by atoms with E-state index in [2.05, 4.69) is 23.7 Å². The lowest BCUT2D eigenvalue weighted by atomic mass is 10.1. The highest BCUT2D eigenvalue weighted by molar-refractivity contribution is 5.48. The Balaban J connectivity index is 3.08. The van der Waals surface area contributed by atoms with Crippen LogP contribution in [0.3, 0.4) is 0 Å². The maximum Gasteiger partial charge on any atom is 0.141 e. The van der Waals surface area contributed by atoms with Crippen molar-refractivity contribution in [3.63, 3.8) is 0 Å². The van der Waals surface area contributed by atoms with Gasteiger partial charge in [0.15, 0.2) is 0 Å².